The second-order valence-corrected chi connectivity index (χ2v) is 9.41. The highest BCUT2D eigenvalue weighted by molar-refractivity contribution is 5.84. The molecule has 1 atom stereocenters. The van der Waals surface area contributed by atoms with Crippen molar-refractivity contribution in [2.45, 2.75) is 58.0 Å². The summed E-state index contributed by atoms with van der Waals surface area (Å²) in [4.78, 5) is 29.9. The normalized spacial score (nSPS) is 36.0. The molecule has 0 aromatic rings. The van der Waals surface area contributed by atoms with Crippen LogP contribution in [0.1, 0.15) is 51.9 Å². The molecule has 4 aliphatic carbocycles. The van der Waals surface area contributed by atoms with Crippen LogP contribution in [0.25, 0.3) is 0 Å². The number of carbonyl (C=O) groups excluding carboxylic acids is 2. The van der Waals surface area contributed by atoms with E-state index in [1.165, 1.54) is 19.3 Å². The summed E-state index contributed by atoms with van der Waals surface area (Å²) in [5.41, 5.74) is -0.0674. The minimum absolute atomic E-state index is 0.0426. The second kappa shape index (κ2) is 7.57. The summed E-state index contributed by atoms with van der Waals surface area (Å²) in [5.74, 6) is 2.80. The van der Waals surface area contributed by atoms with Crippen molar-refractivity contribution in [2.24, 2.45) is 23.2 Å². The maximum absolute atomic E-state index is 13.4. The van der Waals surface area contributed by atoms with Gasteiger partial charge < -0.3 is 14.5 Å². The van der Waals surface area contributed by atoms with E-state index in [9.17, 15) is 9.59 Å². The smallest absolute Gasteiger partial charge is 0.251 e. The van der Waals surface area contributed by atoms with Crippen molar-refractivity contribution in [3.63, 3.8) is 0 Å². The minimum atomic E-state index is -0.421. The molecule has 5 nitrogen and oxygen atoms in total. The predicted molar refractivity (Wildman–Crippen MR) is 104 cm³/mol. The van der Waals surface area contributed by atoms with Gasteiger partial charge in [-0.3, -0.25) is 9.59 Å². The van der Waals surface area contributed by atoms with Crippen LogP contribution < -0.4 is 0 Å². The van der Waals surface area contributed by atoms with Crippen LogP contribution in [0.3, 0.4) is 0 Å². The molecule has 1 unspecified atom stereocenters. The lowest BCUT2D eigenvalue weighted by atomic mass is 9.49. The van der Waals surface area contributed by atoms with Crippen molar-refractivity contribution in [2.75, 3.05) is 32.8 Å². The number of nitrogens with zero attached hydrogens (tertiary/aromatic N) is 2. The Morgan fingerprint density at radius 3 is 2.07 bits per heavy atom. The number of hydrogen-bond donors (Lipinski definition) is 0. The topological polar surface area (TPSA) is 49.9 Å². The molecule has 0 radical (unpaired) electrons. The van der Waals surface area contributed by atoms with Gasteiger partial charge in [-0.15, -0.1) is 6.58 Å². The molecule has 1 aliphatic heterocycles. The zero-order valence-electron chi connectivity index (χ0n) is 16.7. The molecule has 0 N–H and O–H groups in total. The first-order chi connectivity index (χ1) is 13.0. The van der Waals surface area contributed by atoms with E-state index in [1.54, 1.807) is 6.08 Å². The van der Waals surface area contributed by atoms with E-state index in [2.05, 4.69) is 11.5 Å². The van der Waals surface area contributed by atoms with Crippen molar-refractivity contribution >= 4 is 11.8 Å². The first-order valence-electron chi connectivity index (χ1n) is 10.8. The summed E-state index contributed by atoms with van der Waals surface area (Å²) in [6.45, 7) is 8.62. The zero-order valence-corrected chi connectivity index (χ0v) is 16.7. The summed E-state index contributed by atoms with van der Waals surface area (Å²) in [5, 5.41) is 0. The summed E-state index contributed by atoms with van der Waals surface area (Å²) in [6.07, 6.45) is 9.56. The Balaban J connectivity index is 1.31. The van der Waals surface area contributed by atoms with E-state index < -0.39 is 6.10 Å². The molecule has 0 spiro atoms. The van der Waals surface area contributed by atoms with Crippen molar-refractivity contribution in [1.29, 1.82) is 0 Å². The number of ether oxygens (including phenoxy) is 1. The van der Waals surface area contributed by atoms with Crippen LogP contribution in [-0.4, -0.2) is 60.5 Å². The monoisotopic (exact) mass is 374 g/mol. The maximum Gasteiger partial charge on any atom is 0.251 e. The van der Waals surface area contributed by atoms with Crippen LogP contribution in [0, 0.1) is 23.2 Å². The lowest BCUT2D eigenvalue weighted by Gasteiger charge is -2.57. The Morgan fingerprint density at radius 2 is 1.56 bits per heavy atom. The molecule has 5 rings (SSSR count). The first-order valence-corrected chi connectivity index (χ1v) is 10.8. The molecule has 5 aliphatic rings. The lowest BCUT2D eigenvalue weighted by molar-refractivity contribution is -0.161. The molecule has 0 aromatic carbocycles. The van der Waals surface area contributed by atoms with Gasteiger partial charge in [0.1, 0.15) is 6.10 Å². The van der Waals surface area contributed by atoms with Crippen LogP contribution in [-0.2, 0) is 14.3 Å². The maximum atomic E-state index is 13.4. The largest absolute Gasteiger partial charge is 0.368 e. The van der Waals surface area contributed by atoms with Gasteiger partial charge in [-0.1, -0.05) is 6.08 Å². The minimum Gasteiger partial charge on any atom is -0.368 e. The van der Waals surface area contributed by atoms with Crippen LogP contribution in [0.5, 0.6) is 0 Å². The van der Waals surface area contributed by atoms with E-state index in [-0.39, 0.29) is 11.3 Å². The fourth-order valence-corrected chi connectivity index (χ4v) is 6.49. The fraction of sp³-hybridized carbons (Fsp3) is 0.818. The highest BCUT2D eigenvalue weighted by atomic mass is 16.5. The van der Waals surface area contributed by atoms with Gasteiger partial charge >= 0.3 is 0 Å². The van der Waals surface area contributed by atoms with Crippen molar-refractivity contribution in [1.82, 2.24) is 9.80 Å². The molecule has 1 saturated heterocycles. The van der Waals surface area contributed by atoms with E-state index in [0.29, 0.717) is 38.7 Å². The van der Waals surface area contributed by atoms with Gasteiger partial charge in [0.25, 0.3) is 5.91 Å². The Hall–Kier alpha value is -1.36. The SMILES string of the molecule is C=CCCOC(C)C(=O)N1CCN(C(=O)C23CC4CC(CC(C4)C2)C3)CC1. The summed E-state index contributed by atoms with van der Waals surface area (Å²) >= 11 is 0. The van der Waals surface area contributed by atoms with Gasteiger partial charge in [0, 0.05) is 26.2 Å². The predicted octanol–water partition coefficient (Wildman–Crippen LogP) is 2.85. The number of carbonyl (C=O) groups is 2. The van der Waals surface area contributed by atoms with Gasteiger partial charge in [-0.2, -0.15) is 0 Å². The number of piperazine rings is 1. The Kier molecular flexibility index (Phi) is 5.32. The number of hydrogen-bond acceptors (Lipinski definition) is 3. The van der Waals surface area contributed by atoms with Crippen LogP contribution in [0.4, 0.5) is 0 Å². The standard InChI is InChI=1S/C22H34N2O3/c1-3-4-9-27-16(2)20(25)23-5-7-24(8-6-23)21(26)22-13-17-10-18(14-22)12-19(11-17)15-22/h3,16-19H,1,4-15H2,2H3. The van der Waals surface area contributed by atoms with Gasteiger partial charge in [0.15, 0.2) is 0 Å². The van der Waals surface area contributed by atoms with Gasteiger partial charge in [-0.05, 0) is 69.6 Å². The molecule has 4 bridgehead atoms. The third-order valence-electron chi connectivity index (χ3n) is 7.41. The quantitative estimate of drug-likeness (QED) is 0.531. The van der Waals surface area contributed by atoms with Gasteiger partial charge in [0.05, 0.1) is 12.0 Å². The van der Waals surface area contributed by atoms with Crippen LogP contribution >= 0.6 is 0 Å². The highest BCUT2D eigenvalue weighted by Gasteiger charge is 2.55. The van der Waals surface area contributed by atoms with E-state index >= 15 is 0 Å². The Morgan fingerprint density at radius 1 is 1.04 bits per heavy atom. The molecule has 2 amide bonds. The number of rotatable bonds is 6. The van der Waals surface area contributed by atoms with Crippen molar-refractivity contribution in [3.8, 4) is 0 Å². The van der Waals surface area contributed by atoms with Crippen LogP contribution in [0.15, 0.2) is 12.7 Å². The van der Waals surface area contributed by atoms with E-state index in [4.69, 9.17) is 4.74 Å². The van der Waals surface area contributed by atoms with Gasteiger partial charge in [-0.25, -0.2) is 0 Å². The van der Waals surface area contributed by atoms with E-state index in [0.717, 1.165) is 43.4 Å². The Bertz CT molecular complexity index is 559. The second-order valence-electron chi connectivity index (χ2n) is 9.41. The summed E-state index contributed by atoms with van der Waals surface area (Å²) in [7, 11) is 0. The zero-order chi connectivity index (χ0) is 19.0. The first kappa shape index (κ1) is 19.0. The average Bonchev–Trinajstić information content (AvgIpc) is 2.66. The third kappa shape index (κ3) is 3.67. The molecule has 150 valence electrons. The highest BCUT2D eigenvalue weighted by Crippen LogP contribution is 2.60. The average molecular weight is 375 g/mol. The van der Waals surface area contributed by atoms with Crippen LogP contribution in [0.2, 0.25) is 0 Å². The van der Waals surface area contributed by atoms with Crippen molar-refractivity contribution < 1.29 is 14.3 Å². The van der Waals surface area contributed by atoms with E-state index in [1.807, 2.05) is 11.8 Å². The molecule has 0 aromatic heterocycles. The Labute approximate surface area is 163 Å². The molecular formula is C22H34N2O3. The third-order valence-corrected chi connectivity index (χ3v) is 7.41. The molecular weight excluding hydrogens is 340 g/mol. The van der Waals surface area contributed by atoms with Crippen molar-refractivity contribution in [3.05, 3.63) is 12.7 Å². The molecule has 1 heterocycles. The fourth-order valence-electron chi connectivity index (χ4n) is 6.49. The molecule has 5 heteroatoms. The molecule has 4 saturated carbocycles. The number of amides is 2. The summed E-state index contributed by atoms with van der Waals surface area (Å²) in [6, 6.07) is 0. The van der Waals surface area contributed by atoms with Gasteiger partial charge in [0.2, 0.25) is 5.91 Å². The molecule has 5 fully saturated rings. The molecule has 27 heavy (non-hydrogen) atoms. The lowest BCUT2D eigenvalue weighted by Crippen LogP contribution is -2.59. The summed E-state index contributed by atoms with van der Waals surface area (Å²) < 4.78 is 5.59.